The molecule has 0 aromatic carbocycles. The number of hydrogen-bond acceptors (Lipinski definition) is 3. The summed E-state index contributed by atoms with van der Waals surface area (Å²) in [6, 6.07) is 7.10. The standard InChI is InChI=1S/C13H17NS2/c1-14-13(11-7-9-15-10-11)6-2-4-12-5-3-8-16-12/h3,5,7-10,13-14H,2,4,6H2,1H3. The molecule has 86 valence electrons. The van der Waals surface area contributed by atoms with Crippen LogP contribution < -0.4 is 5.32 Å². The Morgan fingerprint density at radius 1 is 1.31 bits per heavy atom. The van der Waals surface area contributed by atoms with Crippen molar-refractivity contribution in [2.75, 3.05) is 7.05 Å². The monoisotopic (exact) mass is 251 g/mol. The third kappa shape index (κ3) is 3.17. The van der Waals surface area contributed by atoms with Crippen LogP contribution >= 0.6 is 22.7 Å². The molecular formula is C13H17NS2. The van der Waals surface area contributed by atoms with E-state index >= 15 is 0 Å². The van der Waals surface area contributed by atoms with Gasteiger partial charge in [-0.15, -0.1) is 11.3 Å². The number of aryl methyl sites for hydroxylation is 1. The maximum absolute atomic E-state index is 3.39. The van der Waals surface area contributed by atoms with Gasteiger partial charge in [0.15, 0.2) is 0 Å². The number of thiophene rings is 2. The zero-order chi connectivity index (χ0) is 11.2. The summed E-state index contributed by atoms with van der Waals surface area (Å²) in [5.41, 5.74) is 1.43. The normalized spacial score (nSPS) is 12.8. The van der Waals surface area contributed by atoms with Gasteiger partial charge in [0.05, 0.1) is 0 Å². The molecule has 2 aromatic heterocycles. The molecule has 0 spiro atoms. The van der Waals surface area contributed by atoms with Gasteiger partial charge in [0, 0.05) is 10.9 Å². The average Bonchev–Trinajstić information content (AvgIpc) is 2.96. The van der Waals surface area contributed by atoms with Crippen LogP contribution in [0.25, 0.3) is 0 Å². The fourth-order valence-corrected chi connectivity index (χ4v) is 3.35. The summed E-state index contributed by atoms with van der Waals surface area (Å²) in [6.45, 7) is 0. The molecule has 0 saturated carbocycles. The molecule has 16 heavy (non-hydrogen) atoms. The predicted octanol–water partition coefficient (Wildman–Crippen LogP) is 4.09. The zero-order valence-corrected chi connectivity index (χ0v) is 11.1. The lowest BCUT2D eigenvalue weighted by molar-refractivity contribution is 0.529. The maximum atomic E-state index is 3.39. The van der Waals surface area contributed by atoms with Gasteiger partial charge in [-0.1, -0.05) is 6.07 Å². The Hall–Kier alpha value is -0.640. The van der Waals surface area contributed by atoms with Gasteiger partial charge in [-0.2, -0.15) is 11.3 Å². The highest BCUT2D eigenvalue weighted by molar-refractivity contribution is 7.09. The van der Waals surface area contributed by atoms with E-state index in [1.807, 2.05) is 18.4 Å². The number of rotatable bonds is 6. The highest BCUT2D eigenvalue weighted by Crippen LogP contribution is 2.22. The van der Waals surface area contributed by atoms with E-state index in [0.717, 1.165) is 0 Å². The van der Waals surface area contributed by atoms with Crippen LogP contribution in [0.3, 0.4) is 0 Å². The minimum atomic E-state index is 0.520. The summed E-state index contributed by atoms with van der Waals surface area (Å²) in [6.07, 6.45) is 3.67. The van der Waals surface area contributed by atoms with Crippen molar-refractivity contribution >= 4 is 22.7 Å². The molecule has 0 aliphatic rings. The van der Waals surface area contributed by atoms with Crippen molar-refractivity contribution < 1.29 is 0 Å². The van der Waals surface area contributed by atoms with Gasteiger partial charge in [-0.25, -0.2) is 0 Å². The first-order valence-electron chi connectivity index (χ1n) is 5.62. The van der Waals surface area contributed by atoms with E-state index in [9.17, 15) is 0 Å². The second-order valence-corrected chi connectivity index (χ2v) is 5.68. The topological polar surface area (TPSA) is 12.0 Å². The van der Waals surface area contributed by atoms with Crippen molar-refractivity contribution in [2.45, 2.75) is 25.3 Å². The van der Waals surface area contributed by atoms with Crippen molar-refractivity contribution in [3.8, 4) is 0 Å². The minimum Gasteiger partial charge on any atom is -0.313 e. The van der Waals surface area contributed by atoms with E-state index in [1.54, 1.807) is 11.3 Å². The molecule has 1 unspecified atom stereocenters. The number of nitrogens with one attached hydrogen (secondary N) is 1. The van der Waals surface area contributed by atoms with Gasteiger partial charge >= 0.3 is 0 Å². The molecule has 3 heteroatoms. The second kappa shape index (κ2) is 6.18. The van der Waals surface area contributed by atoms with Crippen LogP contribution in [0.1, 0.15) is 29.3 Å². The van der Waals surface area contributed by atoms with E-state index in [1.165, 1.54) is 29.7 Å². The summed E-state index contributed by atoms with van der Waals surface area (Å²) in [5.74, 6) is 0. The average molecular weight is 251 g/mol. The third-order valence-corrected chi connectivity index (χ3v) is 4.43. The van der Waals surface area contributed by atoms with E-state index in [2.05, 4.69) is 39.7 Å². The third-order valence-electron chi connectivity index (χ3n) is 2.79. The van der Waals surface area contributed by atoms with Crippen LogP contribution in [-0.4, -0.2) is 7.05 Å². The molecule has 1 atom stereocenters. The SMILES string of the molecule is CNC(CCCc1cccs1)c1ccsc1. The molecule has 0 amide bonds. The molecule has 0 radical (unpaired) electrons. The largest absolute Gasteiger partial charge is 0.313 e. The Bertz CT molecular complexity index is 378. The van der Waals surface area contributed by atoms with Crippen LogP contribution in [0.4, 0.5) is 0 Å². The van der Waals surface area contributed by atoms with Crippen LogP contribution in [0, 0.1) is 0 Å². The molecular weight excluding hydrogens is 234 g/mol. The zero-order valence-electron chi connectivity index (χ0n) is 9.48. The Labute approximate surface area is 105 Å². The fraction of sp³-hybridized carbons (Fsp3) is 0.385. The quantitative estimate of drug-likeness (QED) is 0.815. The number of hydrogen-bond donors (Lipinski definition) is 1. The molecule has 0 saturated heterocycles. The molecule has 0 aliphatic carbocycles. The lowest BCUT2D eigenvalue weighted by atomic mass is 10.0. The molecule has 2 rings (SSSR count). The van der Waals surface area contributed by atoms with Gasteiger partial charge in [0.25, 0.3) is 0 Å². The van der Waals surface area contributed by atoms with Gasteiger partial charge in [-0.3, -0.25) is 0 Å². The second-order valence-electron chi connectivity index (χ2n) is 3.87. The summed E-state index contributed by atoms with van der Waals surface area (Å²) in [5, 5.41) is 9.95. The first-order chi connectivity index (χ1) is 7.90. The molecule has 2 heterocycles. The predicted molar refractivity (Wildman–Crippen MR) is 73.4 cm³/mol. The minimum absolute atomic E-state index is 0.520. The van der Waals surface area contributed by atoms with Crippen molar-refractivity contribution in [1.82, 2.24) is 5.32 Å². The highest BCUT2D eigenvalue weighted by atomic mass is 32.1. The van der Waals surface area contributed by atoms with Gasteiger partial charge in [0.2, 0.25) is 0 Å². The maximum Gasteiger partial charge on any atom is 0.0325 e. The van der Waals surface area contributed by atoms with Gasteiger partial charge in [-0.05, 0) is 60.1 Å². The molecule has 1 N–H and O–H groups in total. The van der Waals surface area contributed by atoms with Crippen molar-refractivity contribution in [3.05, 3.63) is 44.8 Å². The summed E-state index contributed by atoms with van der Waals surface area (Å²) in [4.78, 5) is 1.50. The van der Waals surface area contributed by atoms with Crippen molar-refractivity contribution in [1.29, 1.82) is 0 Å². The van der Waals surface area contributed by atoms with Crippen LogP contribution in [-0.2, 0) is 6.42 Å². The molecule has 0 aliphatic heterocycles. The lowest BCUT2D eigenvalue weighted by Crippen LogP contribution is -2.15. The highest BCUT2D eigenvalue weighted by Gasteiger charge is 2.08. The lowest BCUT2D eigenvalue weighted by Gasteiger charge is -2.14. The summed E-state index contributed by atoms with van der Waals surface area (Å²) < 4.78 is 0. The Balaban J connectivity index is 1.80. The Morgan fingerprint density at radius 2 is 2.25 bits per heavy atom. The summed E-state index contributed by atoms with van der Waals surface area (Å²) in [7, 11) is 2.05. The van der Waals surface area contributed by atoms with Crippen LogP contribution in [0.2, 0.25) is 0 Å². The van der Waals surface area contributed by atoms with E-state index in [-0.39, 0.29) is 0 Å². The van der Waals surface area contributed by atoms with E-state index < -0.39 is 0 Å². The molecule has 0 fully saturated rings. The first kappa shape index (κ1) is 11.8. The Kier molecular flexibility index (Phi) is 4.57. The van der Waals surface area contributed by atoms with Gasteiger partial charge in [0.1, 0.15) is 0 Å². The van der Waals surface area contributed by atoms with Crippen LogP contribution in [0.15, 0.2) is 34.3 Å². The fourth-order valence-electron chi connectivity index (χ4n) is 1.89. The van der Waals surface area contributed by atoms with Crippen LogP contribution in [0.5, 0.6) is 0 Å². The summed E-state index contributed by atoms with van der Waals surface area (Å²) >= 11 is 3.64. The Morgan fingerprint density at radius 3 is 2.88 bits per heavy atom. The van der Waals surface area contributed by atoms with Gasteiger partial charge < -0.3 is 5.32 Å². The molecule has 0 bridgehead atoms. The smallest absolute Gasteiger partial charge is 0.0325 e. The van der Waals surface area contributed by atoms with Crippen molar-refractivity contribution in [3.63, 3.8) is 0 Å². The van der Waals surface area contributed by atoms with E-state index in [0.29, 0.717) is 6.04 Å². The molecule has 2 aromatic rings. The first-order valence-corrected chi connectivity index (χ1v) is 7.44. The molecule has 1 nitrogen and oxygen atoms in total. The van der Waals surface area contributed by atoms with E-state index in [4.69, 9.17) is 0 Å². The van der Waals surface area contributed by atoms with Crippen molar-refractivity contribution in [2.24, 2.45) is 0 Å².